The van der Waals surface area contributed by atoms with Crippen LogP contribution in [0.1, 0.15) is 151 Å². The molecule has 0 aliphatic carbocycles. The van der Waals surface area contributed by atoms with Crippen molar-refractivity contribution >= 4 is 0 Å². The summed E-state index contributed by atoms with van der Waals surface area (Å²) >= 11 is 0. The zero-order valence-electron chi connectivity index (χ0n) is 44.2. The third-order valence-corrected chi connectivity index (χ3v) is 14.2. The summed E-state index contributed by atoms with van der Waals surface area (Å²) in [6.45, 7) is 8.18. The third-order valence-electron chi connectivity index (χ3n) is 14.2. The van der Waals surface area contributed by atoms with E-state index in [9.17, 15) is 0 Å². The first kappa shape index (κ1) is 57.7. The Hall–Kier alpha value is -5.21. The van der Waals surface area contributed by atoms with Gasteiger partial charge in [0, 0.05) is 74.7 Å². The Balaban J connectivity index is 0.000000268. The highest BCUT2D eigenvalue weighted by atomic mass is 16.7. The second-order valence-electron chi connectivity index (χ2n) is 19.4. The number of hydrogen-bond donors (Lipinski definition) is 1. The minimum absolute atomic E-state index is 0.136. The molecule has 0 aromatic heterocycles. The second kappa shape index (κ2) is 32.1. The number of unbranched alkanes of at least 4 members (excludes halogenated alkanes) is 12. The fourth-order valence-corrected chi connectivity index (χ4v) is 10.1. The standard InChI is InChI=1S/C29H41N3O5.C29H43NO5/c1-29(23-12-14-24(15-13-23)36-21-33-2)20-35-28-19-25(37-22-34-3)16-17-26(28)27(29)11-9-7-5-4-6-8-10-18-31-32-30;1-29(23-12-14-24(15-13-23)34-21-31-2)20-33-28-19-25(35-22-32-3)16-17-26(28)27(29)11-9-7-5-4-6-8-10-18-30/h12-17,19,27H,4-11,18,20-22H2,1-3H3;12-17,19,27H,4-11,18,20-22,30H2,1-3H3. The van der Waals surface area contributed by atoms with E-state index < -0.39 is 0 Å². The maximum atomic E-state index is 8.36. The Kier molecular flexibility index (Phi) is 25.7. The van der Waals surface area contributed by atoms with Gasteiger partial charge in [-0.15, -0.1) is 0 Å². The lowest BCUT2D eigenvalue weighted by Crippen LogP contribution is -2.40. The van der Waals surface area contributed by atoms with Crippen molar-refractivity contribution in [1.82, 2.24) is 0 Å². The van der Waals surface area contributed by atoms with Crippen LogP contribution < -0.4 is 34.2 Å². The highest BCUT2D eigenvalue weighted by Gasteiger charge is 2.43. The van der Waals surface area contributed by atoms with Crippen molar-refractivity contribution in [2.45, 2.75) is 139 Å². The number of hydrogen-bond acceptors (Lipinski definition) is 12. The Morgan fingerprint density at radius 1 is 0.500 bits per heavy atom. The number of nitrogens with zero attached hydrogens (tertiary/aromatic N) is 3. The molecule has 0 saturated heterocycles. The number of nitrogens with two attached hydrogens (primary N) is 1. The first-order chi connectivity index (χ1) is 35.2. The van der Waals surface area contributed by atoms with Crippen LogP contribution in [0, 0.1) is 0 Å². The van der Waals surface area contributed by atoms with E-state index in [1.807, 2.05) is 48.5 Å². The maximum absolute atomic E-state index is 8.36. The smallest absolute Gasteiger partial charge is 0.188 e. The summed E-state index contributed by atoms with van der Waals surface area (Å²) in [5.41, 5.74) is 18.7. The van der Waals surface area contributed by atoms with Crippen LogP contribution in [0.4, 0.5) is 0 Å². The molecule has 4 atom stereocenters. The topological polar surface area (TPSA) is 167 Å². The number of rotatable bonds is 33. The molecule has 0 bridgehead atoms. The average Bonchev–Trinajstić information content (AvgIpc) is 3.41. The van der Waals surface area contributed by atoms with E-state index in [0.29, 0.717) is 31.6 Å². The van der Waals surface area contributed by atoms with Crippen molar-refractivity contribution in [1.29, 1.82) is 0 Å². The normalized spacial score (nSPS) is 18.8. The predicted octanol–water partition coefficient (Wildman–Crippen LogP) is 13.7. The monoisotopic (exact) mass is 997 g/mol. The van der Waals surface area contributed by atoms with Crippen LogP contribution in [0.3, 0.4) is 0 Å². The van der Waals surface area contributed by atoms with Crippen LogP contribution in [-0.4, -0.2) is 81.9 Å². The van der Waals surface area contributed by atoms with Crippen molar-refractivity contribution in [3.63, 3.8) is 0 Å². The van der Waals surface area contributed by atoms with Crippen LogP contribution in [0.25, 0.3) is 10.4 Å². The van der Waals surface area contributed by atoms with Crippen molar-refractivity contribution in [3.8, 4) is 34.5 Å². The summed E-state index contributed by atoms with van der Waals surface area (Å²) in [5, 5.41) is 3.61. The van der Waals surface area contributed by atoms with Gasteiger partial charge in [0.25, 0.3) is 0 Å². The molecule has 2 heterocycles. The van der Waals surface area contributed by atoms with E-state index in [1.165, 1.54) is 86.5 Å². The first-order valence-electron chi connectivity index (χ1n) is 26.2. The molecule has 2 N–H and O–H groups in total. The van der Waals surface area contributed by atoms with Gasteiger partial charge in [-0.2, -0.15) is 0 Å². The van der Waals surface area contributed by atoms with Gasteiger partial charge >= 0.3 is 0 Å². The number of methoxy groups -OCH3 is 4. The Morgan fingerprint density at radius 2 is 0.847 bits per heavy atom. The van der Waals surface area contributed by atoms with Gasteiger partial charge in [0.1, 0.15) is 34.5 Å². The highest BCUT2D eigenvalue weighted by Crippen LogP contribution is 2.51. The van der Waals surface area contributed by atoms with Gasteiger partial charge in [0.2, 0.25) is 0 Å². The summed E-state index contributed by atoms with van der Waals surface area (Å²) in [5.74, 6) is 5.62. The van der Waals surface area contributed by atoms with Crippen LogP contribution in [-0.2, 0) is 29.8 Å². The van der Waals surface area contributed by atoms with Crippen molar-refractivity contribution in [2.24, 2.45) is 10.8 Å². The lowest BCUT2D eigenvalue weighted by Gasteiger charge is -2.43. The van der Waals surface area contributed by atoms with Gasteiger partial charge < -0.3 is 53.1 Å². The number of benzene rings is 4. The van der Waals surface area contributed by atoms with Gasteiger partial charge in [-0.25, -0.2) is 0 Å². The zero-order chi connectivity index (χ0) is 51.3. The van der Waals surface area contributed by atoms with Crippen molar-refractivity contribution < 1.29 is 47.4 Å². The molecule has 0 spiro atoms. The van der Waals surface area contributed by atoms with E-state index in [1.54, 1.807) is 28.4 Å². The molecule has 2 aliphatic heterocycles. The van der Waals surface area contributed by atoms with Crippen LogP contribution in [0.5, 0.6) is 34.5 Å². The number of azide groups is 1. The molecule has 4 unspecified atom stereocenters. The Bertz CT molecular complexity index is 2170. The molecule has 6 rings (SSSR count). The molecule has 0 amide bonds. The molecular formula is C58H84N4O10. The molecule has 14 nitrogen and oxygen atoms in total. The minimum Gasteiger partial charge on any atom is -0.492 e. The molecular weight excluding hydrogens is 913 g/mol. The van der Waals surface area contributed by atoms with E-state index >= 15 is 0 Å². The highest BCUT2D eigenvalue weighted by molar-refractivity contribution is 5.50. The van der Waals surface area contributed by atoms with Crippen LogP contribution in [0.15, 0.2) is 90.0 Å². The van der Waals surface area contributed by atoms with E-state index in [4.69, 9.17) is 58.6 Å². The van der Waals surface area contributed by atoms with Crippen molar-refractivity contribution in [3.05, 3.63) is 118 Å². The van der Waals surface area contributed by atoms with E-state index in [2.05, 4.69) is 60.3 Å². The summed E-state index contributed by atoms with van der Waals surface area (Å²) in [4.78, 5) is 2.81. The number of fused-ring (bicyclic) bond motifs is 2. The first-order valence-corrected chi connectivity index (χ1v) is 26.2. The summed E-state index contributed by atoms with van der Waals surface area (Å²) in [6.07, 6.45) is 19.0. The second-order valence-corrected chi connectivity index (χ2v) is 19.4. The largest absolute Gasteiger partial charge is 0.492 e. The van der Waals surface area contributed by atoms with Gasteiger partial charge in [-0.3, -0.25) is 0 Å². The molecule has 14 heteroatoms. The SMILES string of the molecule is COCOc1ccc(C2(C)COc3cc(OCOC)ccc3C2CCCCCCCCCN)cc1.COCOc1ccc(C2(C)COc3cc(OCOC)ccc3C2CCCCCCCCCN=[N+]=[N-])cc1. The van der Waals surface area contributed by atoms with Gasteiger partial charge in [0.15, 0.2) is 27.2 Å². The fraction of sp³-hybridized carbons (Fsp3) is 0.586. The predicted molar refractivity (Wildman–Crippen MR) is 284 cm³/mol. The fourth-order valence-electron chi connectivity index (χ4n) is 10.1. The average molecular weight is 997 g/mol. The lowest BCUT2D eigenvalue weighted by atomic mass is 9.66. The Morgan fingerprint density at radius 3 is 1.22 bits per heavy atom. The molecule has 72 heavy (non-hydrogen) atoms. The summed E-state index contributed by atoms with van der Waals surface area (Å²) in [7, 11) is 6.49. The minimum atomic E-state index is -0.164. The molecule has 4 aromatic rings. The molecule has 4 aromatic carbocycles. The number of ether oxygens (including phenoxy) is 10. The molecule has 0 radical (unpaired) electrons. The maximum Gasteiger partial charge on any atom is 0.188 e. The lowest BCUT2D eigenvalue weighted by molar-refractivity contribution is 0.0504. The third kappa shape index (κ3) is 17.5. The van der Waals surface area contributed by atoms with Gasteiger partial charge in [0.05, 0.1) is 13.2 Å². The van der Waals surface area contributed by atoms with Crippen LogP contribution >= 0.6 is 0 Å². The quantitative estimate of drug-likeness (QED) is 0.0159. The summed E-state index contributed by atoms with van der Waals surface area (Å²) in [6, 6.07) is 29.1. The van der Waals surface area contributed by atoms with E-state index in [-0.39, 0.29) is 38.0 Å². The van der Waals surface area contributed by atoms with Crippen LogP contribution in [0.2, 0.25) is 0 Å². The summed E-state index contributed by atoms with van der Waals surface area (Å²) < 4.78 is 55.4. The van der Waals surface area contributed by atoms with Gasteiger partial charge in [-0.05, 0) is 96.4 Å². The molecule has 0 saturated carbocycles. The van der Waals surface area contributed by atoms with E-state index in [0.717, 1.165) is 79.6 Å². The molecule has 0 fully saturated rings. The van der Waals surface area contributed by atoms with Crippen molar-refractivity contribution in [2.75, 3.05) is 81.9 Å². The van der Waals surface area contributed by atoms with Gasteiger partial charge in [-0.1, -0.05) is 132 Å². The molecule has 396 valence electrons. The Labute approximate surface area is 430 Å². The zero-order valence-corrected chi connectivity index (χ0v) is 44.2. The molecule has 2 aliphatic rings.